The summed E-state index contributed by atoms with van der Waals surface area (Å²) in [6, 6.07) is 15.3. The van der Waals surface area contributed by atoms with Crippen molar-refractivity contribution in [2.75, 3.05) is 33.0 Å². The van der Waals surface area contributed by atoms with Crippen molar-refractivity contribution in [3.8, 4) is 11.5 Å². The van der Waals surface area contributed by atoms with E-state index < -0.39 is 0 Å². The lowest BCUT2D eigenvalue weighted by Gasteiger charge is -2.33. The maximum absolute atomic E-state index is 5.69. The van der Waals surface area contributed by atoms with E-state index in [1.54, 1.807) is 0 Å². The summed E-state index contributed by atoms with van der Waals surface area (Å²) < 4.78 is 13.7. The van der Waals surface area contributed by atoms with Gasteiger partial charge in [-0.1, -0.05) is 31.2 Å². The number of aromatic nitrogens is 2. The number of para-hydroxylation sites is 3. The van der Waals surface area contributed by atoms with Crippen LogP contribution in [0.25, 0.3) is 11.0 Å². The van der Waals surface area contributed by atoms with Crippen LogP contribution in [0.4, 0.5) is 0 Å². The van der Waals surface area contributed by atoms with Crippen LogP contribution in [0.1, 0.15) is 37.2 Å². The first-order valence-corrected chi connectivity index (χ1v) is 11.1. The Morgan fingerprint density at radius 2 is 1.93 bits per heavy atom. The number of piperidine rings is 1. The standard InChI is InChI=1S/C24H30N4O2/c1-2-25-13-10-23-26-20-7-3-4-8-21(20)28(23)19-11-14-27(15-12-19)16-18-6-5-9-22-24(18)30-17-29-22/h3-9,19,25H,2,10-17H2,1H3. The largest absolute Gasteiger partial charge is 0.454 e. The molecular weight excluding hydrogens is 376 g/mol. The molecule has 5 rings (SSSR count). The van der Waals surface area contributed by atoms with E-state index in [0.717, 1.165) is 69.0 Å². The summed E-state index contributed by atoms with van der Waals surface area (Å²) in [5, 5.41) is 3.44. The van der Waals surface area contributed by atoms with Crippen molar-refractivity contribution in [2.24, 2.45) is 0 Å². The molecule has 6 nitrogen and oxygen atoms in total. The summed E-state index contributed by atoms with van der Waals surface area (Å²) in [6.07, 6.45) is 3.25. The molecule has 0 amide bonds. The van der Waals surface area contributed by atoms with Gasteiger partial charge in [0.2, 0.25) is 6.79 Å². The first-order chi connectivity index (χ1) is 14.8. The van der Waals surface area contributed by atoms with Crippen LogP contribution in [0.3, 0.4) is 0 Å². The molecular formula is C24H30N4O2. The predicted octanol–water partition coefficient (Wildman–Crippen LogP) is 3.75. The smallest absolute Gasteiger partial charge is 0.231 e. The van der Waals surface area contributed by atoms with Crippen molar-refractivity contribution in [1.82, 2.24) is 19.8 Å². The highest BCUT2D eigenvalue weighted by molar-refractivity contribution is 5.76. The van der Waals surface area contributed by atoms with Crippen LogP contribution in [0, 0.1) is 0 Å². The van der Waals surface area contributed by atoms with Gasteiger partial charge in [-0.2, -0.15) is 0 Å². The van der Waals surface area contributed by atoms with Gasteiger partial charge in [-0.05, 0) is 37.6 Å². The Kier molecular flexibility index (Phi) is 5.60. The van der Waals surface area contributed by atoms with E-state index in [9.17, 15) is 0 Å². The summed E-state index contributed by atoms with van der Waals surface area (Å²) in [6.45, 7) is 7.52. The molecule has 0 bridgehead atoms. The lowest BCUT2D eigenvalue weighted by molar-refractivity contribution is 0.165. The summed E-state index contributed by atoms with van der Waals surface area (Å²) in [4.78, 5) is 7.50. The molecule has 1 saturated heterocycles. The second-order valence-corrected chi connectivity index (χ2v) is 8.15. The molecule has 1 aromatic heterocycles. The van der Waals surface area contributed by atoms with Gasteiger partial charge in [-0.15, -0.1) is 0 Å². The van der Waals surface area contributed by atoms with Crippen LogP contribution in [-0.2, 0) is 13.0 Å². The first-order valence-electron chi connectivity index (χ1n) is 11.1. The number of fused-ring (bicyclic) bond motifs is 2. The molecule has 0 unspecified atom stereocenters. The van der Waals surface area contributed by atoms with E-state index in [1.807, 2.05) is 6.07 Å². The molecule has 2 aliphatic rings. The highest BCUT2D eigenvalue weighted by Crippen LogP contribution is 2.37. The Morgan fingerprint density at radius 1 is 1.07 bits per heavy atom. The highest BCUT2D eigenvalue weighted by Gasteiger charge is 2.26. The highest BCUT2D eigenvalue weighted by atomic mass is 16.7. The van der Waals surface area contributed by atoms with Crippen LogP contribution in [0.15, 0.2) is 42.5 Å². The fraction of sp³-hybridized carbons (Fsp3) is 0.458. The van der Waals surface area contributed by atoms with Crippen molar-refractivity contribution in [3.63, 3.8) is 0 Å². The van der Waals surface area contributed by atoms with E-state index in [1.165, 1.54) is 16.9 Å². The van der Waals surface area contributed by atoms with Crippen molar-refractivity contribution in [3.05, 3.63) is 53.9 Å². The number of benzene rings is 2. The molecule has 0 atom stereocenters. The molecule has 3 heterocycles. The molecule has 0 saturated carbocycles. The molecule has 3 aromatic rings. The molecule has 0 radical (unpaired) electrons. The van der Waals surface area contributed by atoms with E-state index in [0.29, 0.717) is 12.8 Å². The molecule has 2 aliphatic heterocycles. The van der Waals surface area contributed by atoms with Crippen LogP contribution in [0.2, 0.25) is 0 Å². The average Bonchev–Trinajstić information content (AvgIpc) is 3.40. The molecule has 1 N–H and O–H groups in total. The van der Waals surface area contributed by atoms with Crippen molar-refractivity contribution in [1.29, 1.82) is 0 Å². The van der Waals surface area contributed by atoms with E-state index in [4.69, 9.17) is 14.5 Å². The number of hydrogen-bond acceptors (Lipinski definition) is 5. The molecule has 2 aromatic carbocycles. The fourth-order valence-electron chi connectivity index (χ4n) is 4.75. The van der Waals surface area contributed by atoms with Gasteiger partial charge in [0.1, 0.15) is 5.82 Å². The normalized spacial score (nSPS) is 17.1. The number of likely N-dealkylation sites (N-methyl/N-ethyl adjacent to an activating group) is 1. The predicted molar refractivity (Wildman–Crippen MR) is 118 cm³/mol. The third-order valence-electron chi connectivity index (χ3n) is 6.24. The van der Waals surface area contributed by atoms with Crippen molar-refractivity contribution in [2.45, 2.75) is 38.8 Å². The second-order valence-electron chi connectivity index (χ2n) is 8.15. The quantitative estimate of drug-likeness (QED) is 0.606. The lowest BCUT2D eigenvalue weighted by Crippen LogP contribution is -2.34. The molecule has 6 heteroatoms. The van der Waals surface area contributed by atoms with Crippen molar-refractivity contribution >= 4 is 11.0 Å². The number of hydrogen-bond donors (Lipinski definition) is 1. The van der Waals surface area contributed by atoms with Crippen LogP contribution >= 0.6 is 0 Å². The van der Waals surface area contributed by atoms with Gasteiger partial charge in [0, 0.05) is 44.2 Å². The van der Waals surface area contributed by atoms with E-state index >= 15 is 0 Å². The zero-order valence-electron chi connectivity index (χ0n) is 17.6. The zero-order chi connectivity index (χ0) is 20.3. The van der Waals surface area contributed by atoms with Crippen LogP contribution in [-0.4, -0.2) is 47.4 Å². The Bertz CT molecular complexity index is 1010. The van der Waals surface area contributed by atoms with Gasteiger partial charge in [-0.3, -0.25) is 4.90 Å². The minimum atomic E-state index is 0.331. The molecule has 30 heavy (non-hydrogen) atoms. The van der Waals surface area contributed by atoms with Crippen molar-refractivity contribution < 1.29 is 9.47 Å². The average molecular weight is 407 g/mol. The van der Waals surface area contributed by atoms with Gasteiger partial charge in [0.05, 0.1) is 11.0 Å². The first kappa shape index (κ1) is 19.4. The van der Waals surface area contributed by atoms with Gasteiger partial charge < -0.3 is 19.4 Å². The summed E-state index contributed by atoms with van der Waals surface area (Å²) in [5.74, 6) is 3.01. The molecule has 1 fully saturated rings. The SMILES string of the molecule is CCNCCc1nc2ccccc2n1C1CCN(Cc2cccc3c2OCO3)CC1. The Balaban J connectivity index is 1.30. The number of nitrogens with zero attached hydrogens (tertiary/aromatic N) is 3. The Hall–Kier alpha value is -2.57. The summed E-state index contributed by atoms with van der Waals surface area (Å²) >= 11 is 0. The van der Waals surface area contributed by atoms with Gasteiger partial charge >= 0.3 is 0 Å². The second kappa shape index (κ2) is 8.66. The fourth-order valence-corrected chi connectivity index (χ4v) is 4.75. The van der Waals surface area contributed by atoms with E-state index in [-0.39, 0.29) is 0 Å². The minimum absolute atomic E-state index is 0.331. The number of nitrogens with one attached hydrogen (secondary N) is 1. The number of rotatable bonds is 7. The third kappa shape index (κ3) is 3.77. The number of imidazole rings is 1. The minimum Gasteiger partial charge on any atom is -0.454 e. The maximum atomic E-state index is 5.69. The Morgan fingerprint density at radius 3 is 2.80 bits per heavy atom. The van der Waals surface area contributed by atoms with Gasteiger partial charge in [0.25, 0.3) is 0 Å². The zero-order valence-corrected chi connectivity index (χ0v) is 17.6. The molecule has 0 aliphatic carbocycles. The van der Waals surface area contributed by atoms with Crippen LogP contribution < -0.4 is 14.8 Å². The third-order valence-corrected chi connectivity index (χ3v) is 6.24. The van der Waals surface area contributed by atoms with Gasteiger partial charge in [0.15, 0.2) is 11.5 Å². The summed E-state index contributed by atoms with van der Waals surface area (Å²) in [5.41, 5.74) is 3.61. The molecule has 158 valence electrons. The lowest BCUT2D eigenvalue weighted by atomic mass is 10.0. The molecule has 0 spiro atoms. The number of likely N-dealkylation sites (tertiary alicyclic amines) is 1. The summed E-state index contributed by atoms with van der Waals surface area (Å²) in [7, 11) is 0. The van der Waals surface area contributed by atoms with Gasteiger partial charge in [-0.25, -0.2) is 4.98 Å². The van der Waals surface area contributed by atoms with E-state index in [2.05, 4.69) is 58.1 Å². The topological polar surface area (TPSA) is 51.6 Å². The van der Waals surface area contributed by atoms with Crippen LogP contribution in [0.5, 0.6) is 11.5 Å². The number of ether oxygens (including phenoxy) is 2. The monoisotopic (exact) mass is 406 g/mol. The Labute approximate surface area is 177 Å². The maximum Gasteiger partial charge on any atom is 0.231 e.